The summed E-state index contributed by atoms with van der Waals surface area (Å²) in [4.78, 5) is 7.26. The van der Waals surface area contributed by atoms with Crippen LogP contribution >= 0.6 is 11.3 Å². The Kier molecular flexibility index (Phi) is 2.52. The lowest BCUT2D eigenvalue weighted by molar-refractivity contribution is 0.589. The molecule has 0 bridgehead atoms. The Morgan fingerprint density at radius 1 is 1.22 bits per heavy atom. The van der Waals surface area contributed by atoms with E-state index in [9.17, 15) is 0 Å². The molecule has 1 aliphatic carbocycles. The molecule has 1 saturated heterocycles. The van der Waals surface area contributed by atoms with Crippen LogP contribution in [0.4, 0.5) is 5.69 Å². The highest BCUT2D eigenvalue weighted by Crippen LogP contribution is 2.43. The number of fused-ring (bicyclic) bond motifs is 1. The fourth-order valence-electron chi connectivity index (χ4n) is 2.56. The predicted molar refractivity (Wildman–Crippen MR) is 76.7 cm³/mol. The maximum Gasteiger partial charge on any atom is 0.0969 e. The molecule has 1 aromatic heterocycles. The van der Waals surface area contributed by atoms with Gasteiger partial charge in [-0.1, -0.05) is 0 Å². The molecule has 1 aromatic carbocycles. The number of aromatic nitrogens is 1. The van der Waals surface area contributed by atoms with Crippen LogP contribution in [0.15, 0.2) is 18.2 Å². The van der Waals surface area contributed by atoms with E-state index in [1.54, 1.807) is 0 Å². The summed E-state index contributed by atoms with van der Waals surface area (Å²) in [5, 5.41) is 4.74. The second-order valence-electron chi connectivity index (χ2n) is 5.22. The van der Waals surface area contributed by atoms with Crippen molar-refractivity contribution in [2.45, 2.75) is 18.8 Å². The zero-order chi connectivity index (χ0) is 11.9. The lowest BCUT2D eigenvalue weighted by Gasteiger charge is -2.29. The van der Waals surface area contributed by atoms with Gasteiger partial charge >= 0.3 is 0 Å². The van der Waals surface area contributed by atoms with E-state index in [0.29, 0.717) is 0 Å². The Bertz CT molecular complexity index is 567. The Morgan fingerprint density at radius 2 is 2.06 bits per heavy atom. The average Bonchev–Trinajstić information content (AvgIpc) is 3.19. The van der Waals surface area contributed by atoms with Crippen molar-refractivity contribution < 1.29 is 0 Å². The molecule has 4 rings (SSSR count). The number of benzene rings is 1. The number of piperazine rings is 1. The molecule has 1 saturated carbocycles. The number of hydrogen-bond donors (Lipinski definition) is 1. The third kappa shape index (κ3) is 1.89. The predicted octanol–water partition coefficient (Wildman–Crippen LogP) is 2.58. The van der Waals surface area contributed by atoms with Crippen LogP contribution in [0.25, 0.3) is 10.2 Å². The highest BCUT2D eigenvalue weighted by atomic mass is 32.1. The van der Waals surface area contributed by atoms with Crippen molar-refractivity contribution in [2.24, 2.45) is 0 Å². The van der Waals surface area contributed by atoms with Crippen molar-refractivity contribution in [3.05, 3.63) is 23.2 Å². The largest absolute Gasteiger partial charge is 0.369 e. The molecule has 3 nitrogen and oxygen atoms in total. The molecular formula is C14H17N3S. The molecular weight excluding hydrogens is 242 g/mol. The topological polar surface area (TPSA) is 28.2 Å². The first-order chi connectivity index (χ1) is 8.90. The first-order valence-electron chi connectivity index (χ1n) is 6.76. The third-order valence-electron chi connectivity index (χ3n) is 3.80. The summed E-state index contributed by atoms with van der Waals surface area (Å²) in [6.07, 6.45) is 2.68. The summed E-state index contributed by atoms with van der Waals surface area (Å²) in [7, 11) is 0. The summed E-state index contributed by atoms with van der Waals surface area (Å²) in [5.41, 5.74) is 2.52. The Balaban J connectivity index is 1.69. The second-order valence-corrected chi connectivity index (χ2v) is 6.28. The molecule has 94 valence electrons. The molecule has 2 aliphatic rings. The van der Waals surface area contributed by atoms with E-state index < -0.39 is 0 Å². The van der Waals surface area contributed by atoms with Gasteiger partial charge in [-0.25, -0.2) is 4.98 Å². The van der Waals surface area contributed by atoms with Crippen molar-refractivity contribution in [2.75, 3.05) is 31.1 Å². The van der Waals surface area contributed by atoms with Crippen molar-refractivity contribution >= 4 is 27.2 Å². The van der Waals surface area contributed by atoms with Crippen LogP contribution < -0.4 is 10.2 Å². The van der Waals surface area contributed by atoms with Gasteiger partial charge < -0.3 is 10.2 Å². The summed E-state index contributed by atoms with van der Waals surface area (Å²) < 4.78 is 1.34. The summed E-state index contributed by atoms with van der Waals surface area (Å²) in [6.45, 7) is 4.38. The number of anilines is 1. The molecule has 0 amide bonds. The standard InChI is InChI=1S/C14H17N3S/c1-2-10(1)14-16-12-9-11(3-4-13(12)18-14)17-7-5-15-6-8-17/h3-4,9-10,15H,1-2,5-8H2. The molecule has 2 heterocycles. The zero-order valence-corrected chi connectivity index (χ0v) is 11.2. The molecule has 1 aliphatic heterocycles. The van der Waals surface area contributed by atoms with Gasteiger partial charge in [0.15, 0.2) is 0 Å². The molecule has 0 radical (unpaired) electrons. The summed E-state index contributed by atoms with van der Waals surface area (Å²) in [5.74, 6) is 0.769. The maximum absolute atomic E-state index is 4.81. The van der Waals surface area contributed by atoms with E-state index in [1.165, 1.54) is 33.8 Å². The van der Waals surface area contributed by atoms with Gasteiger partial charge in [0.25, 0.3) is 0 Å². The monoisotopic (exact) mass is 259 g/mol. The molecule has 2 aromatic rings. The van der Waals surface area contributed by atoms with Crippen molar-refractivity contribution in [1.29, 1.82) is 0 Å². The van der Waals surface area contributed by atoms with Gasteiger partial charge in [0.2, 0.25) is 0 Å². The van der Waals surface area contributed by atoms with Crippen molar-refractivity contribution in [3.8, 4) is 0 Å². The van der Waals surface area contributed by atoms with E-state index >= 15 is 0 Å². The fourth-order valence-corrected chi connectivity index (χ4v) is 3.68. The number of nitrogens with zero attached hydrogens (tertiary/aromatic N) is 2. The lowest BCUT2D eigenvalue weighted by atomic mass is 10.2. The third-order valence-corrected chi connectivity index (χ3v) is 5.00. The van der Waals surface area contributed by atoms with Crippen LogP contribution in [0.5, 0.6) is 0 Å². The van der Waals surface area contributed by atoms with Crippen LogP contribution in [0.3, 0.4) is 0 Å². The van der Waals surface area contributed by atoms with Gasteiger partial charge in [-0.3, -0.25) is 0 Å². The van der Waals surface area contributed by atoms with Gasteiger partial charge in [0, 0.05) is 37.8 Å². The average molecular weight is 259 g/mol. The molecule has 1 N–H and O–H groups in total. The second kappa shape index (κ2) is 4.21. The molecule has 2 fully saturated rings. The molecule has 0 unspecified atom stereocenters. The Hall–Kier alpha value is -1.13. The fraction of sp³-hybridized carbons (Fsp3) is 0.500. The number of rotatable bonds is 2. The highest BCUT2D eigenvalue weighted by Gasteiger charge is 2.27. The molecule has 18 heavy (non-hydrogen) atoms. The Labute approximate surface area is 111 Å². The van der Waals surface area contributed by atoms with Gasteiger partial charge in [-0.2, -0.15) is 0 Å². The smallest absolute Gasteiger partial charge is 0.0969 e. The first kappa shape index (κ1) is 10.8. The SMILES string of the molecule is c1cc2sc(C3CC3)nc2cc1N1CCNCC1. The molecule has 0 atom stereocenters. The molecule has 4 heteroatoms. The van der Waals surface area contributed by atoms with Crippen LogP contribution in [0, 0.1) is 0 Å². The summed E-state index contributed by atoms with van der Waals surface area (Å²) in [6, 6.07) is 6.77. The van der Waals surface area contributed by atoms with Gasteiger partial charge in [0.1, 0.15) is 0 Å². The van der Waals surface area contributed by atoms with Crippen LogP contribution in [0.2, 0.25) is 0 Å². The lowest BCUT2D eigenvalue weighted by Crippen LogP contribution is -2.43. The van der Waals surface area contributed by atoms with Crippen molar-refractivity contribution in [1.82, 2.24) is 10.3 Å². The number of nitrogens with one attached hydrogen (secondary N) is 1. The van der Waals surface area contributed by atoms with Crippen LogP contribution in [-0.4, -0.2) is 31.2 Å². The van der Waals surface area contributed by atoms with E-state index in [2.05, 4.69) is 28.4 Å². The first-order valence-corrected chi connectivity index (χ1v) is 7.58. The normalized spacial score (nSPS) is 20.6. The van der Waals surface area contributed by atoms with E-state index in [4.69, 9.17) is 4.98 Å². The Morgan fingerprint density at radius 3 is 2.83 bits per heavy atom. The van der Waals surface area contributed by atoms with Crippen LogP contribution in [0.1, 0.15) is 23.8 Å². The minimum atomic E-state index is 0.769. The minimum Gasteiger partial charge on any atom is -0.369 e. The van der Waals surface area contributed by atoms with E-state index in [0.717, 1.165) is 32.1 Å². The van der Waals surface area contributed by atoms with Gasteiger partial charge in [-0.15, -0.1) is 11.3 Å². The molecule has 0 spiro atoms. The number of hydrogen-bond acceptors (Lipinski definition) is 4. The highest BCUT2D eigenvalue weighted by molar-refractivity contribution is 7.18. The van der Waals surface area contributed by atoms with Crippen molar-refractivity contribution in [3.63, 3.8) is 0 Å². The van der Waals surface area contributed by atoms with E-state index in [-0.39, 0.29) is 0 Å². The summed E-state index contributed by atoms with van der Waals surface area (Å²) >= 11 is 1.88. The van der Waals surface area contributed by atoms with Gasteiger partial charge in [0.05, 0.1) is 15.2 Å². The van der Waals surface area contributed by atoms with Crippen LogP contribution in [-0.2, 0) is 0 Å². The minimum absolute atomic E-state index is 0.769. The van der Waals surface area contributed by atoms with E-state index in [1.807, 2.05) is 11.3 Å². The number of thiazole rings is 1. The quantitative estimate of drug-likeness (QED) is 0.898. The zero-order valence-electron chi connectivity index (χ0n) is 10.4. The maximum atomic E-state index is 4.81. The van der Waals surface area contributed by atoms with Gasteiger partial charge in [-0.05, 0) is 31.0 Å².